The van der Waals surface area contributed by atoms with Crippen LogP contribution < -0.4 is 10.6 Å². The minimum Gasteiger partial charge on any atom is -0.398 e. The zero-order chi connectivity index (χ0) is 12.6. The third-order valence-corrected chi connectivity index (χ3v) is 3.40. The topological polar surface area (TPSA) is 38.5 Å². The second-order valence-electron chi connectivity index (χ2n) is 4.82. The highest BCUT2D eigenvalue weighted by molar-refractivity contribution is 6.33. The number of hydrogen-bond donors (Lipinski definition) is 1. The first-order chi connectivity index (χ1) is 7.97. The summed E-state index contributed by atoms with van der Waals surface area (Å²) in [4.78, 5) is 2.32. The molecule has 3 nitrogen and oxygen atoms in total. The van der Waals surface area contributed by atoms with Crippen molar-refractivity contribution in [2.24, 2.45) is 0 Å². The minimum absolute atomic E-state index is 0.245. The summed E-state index contributed by atoms with van der Waals surface area (Å²) in [5, 5.41) is 0.623. The van der Waals surface area contributed by atoms with Crippen LogP contribution in [0.2, 0.25) is 5.02 Å². The van der Waals surface area contributed by atoms with Crippen LogP contribution in [-0.4, -0.2) is 25.3 Å². The summed E-state index contributed by atoms with van der Waals surface area (Å²) in [6.45, 7) is 8.04. The number of morpholine rings is 1. The molecule has 0 spiro atoms. The molecular weight excluding hydrogens is 236 g/mol. The maximum Gasteiger partial charge on any atom is 0.0726 e. The van der Waals surface area contributed by atoms with Gasteiger partial charge in [0.15, 0.2) is 0 Å². The van der Waals surface area contributed by atoms with E-state index in [-0.39, 0.29) is 12.2 Å². The van der Waals surface area contributed by atoms with Gasteiger partial charge >= 0.3 is 0 Å². The van der Waals surface area contributed by atoms with Crippen molar-refractivity contribution in [3.63, 3.8) is 0 Å². The Morgan fingerprint density at radius 3 is 2.47 bits per heavy atom. The Kier molecular flexibility index (Phi) is 3.50. The molecule has 94 valence electrons. The van der Waals surface area contributed by atoms with Crippen LogP contribution in [0.15, 0.2) is 12.1 Å². The van der Waals surface area contributed by atoms with Gasteiger partial charge in [0.05, 0.1) is 22.9 Å². The number of nitrogen functional groups attached to an aromatic ring is 1. The molecular formula is C13H19ClN2O. The molecule has 1 fully saturated rings. The van der Waals surface area contributed by atoms with Gasteiger partial charge in [-0.2, -0.15) is 0 Å². The van der Waals surface area contributed by atoms with E-state index in [4.69, 9.17) is 22.1 Å². The van der Waals surface area contributed by atoms with Gasteiger partial charge in [0, 0.05) is 18.8 Å². The van der Waals surface area contributed by atoms with Crippen LogP contribution in [0, 0.1) is 6.92 Å². The van der Waals surface area contributed by atoms with E-state index in [1.54, 1.807) is 0 Å². The maximum atomic E-state index is 6.09. The van der Waals surface area contributed by atoms with Crippen molar-refractivity contribution in [3.05, 3.63) is 22.7 Å². The molecule has 0 amide bonds. The highest BCUT2D eigenvalue weighted by Crippen LogP contribution is 2.31. The molecule has 1 aromatic carbocycles. The van der Waals surface area contributed by atoms with Gasteiger partial charge in [-0.3, -0.25) is 0 Å². The molecule has 2 atom stereocenters. The van der Waals surface area contributed by atoms with Crippen LogP contribution in [0.3, 0.4) is 0 Å². The van der Waals surface area contributed by atoms with Crippen LogP contribution >= 0.6 is 11.6 Å². The number of rotatable bonds is 1. The molecule has 0 aliphatic carbocycles. The van der Waals surface area contributed by atoms with Gasteiger partial charge < -0.3 is 15.4 Å². The number of benzene rings is 1. The number of hydrogen-bond acceptors (Lipinski definition) is 3. The van der Waals surface area contributed by atoms with Crippen LogP contribution in [-0.2, 0) is 4.74 Å². The predicted octanol–water partition coefficient (Wildman–Crippen LogP) is 2.84. The van der Waals surface area contributed by atoms with Crippen molar-refractivity contribution in [1.82, 2.24) is 0 Å². The third kappa shape index (κ3) is 2.67. The molecule has 1 aromatic rings. The van der Waals surface area contributed by atoms with Gasteiger partial charge in [-0.1, -0.05) is 11.6 Å². The number of nitrogens with two attached hydrogens (primary N) is 1. The molecule has 0 radical (unpaired) electrons. The first kappa shape index (κ1) is 12.5. The largest absolute Gasteiger partial charge is 0.398 e. The Labute approximate surface area is 107 Å². The second kappa shape index (κ2) is 4.75. The van der Waals surface area contributed by atoms with Crippen molar-refractivity contribution < 1.29 is 4.74 Å². The Hall–Kier alpha value is -0.930. The SMILES string of the molecule is Cc1cc(N)c(Cl)cc1N1C[C@@H](C)O[C@@H](C)C1. The van der Waals surface area contributed by atoms with Crippen molar-refractivity contribution in [1.29, 1.82) is 0 Å². The van der Waals surface area contributed by atoms with E-state index in [0.717, 1.165) is 24.3 Å². The lowest BCUT2D eigenvalue weighted by molar-refractivity contribution is -0.00524. The van der Waals surface area contributed by atoms with Crippen LogP contribution in [0.25, 0.3) is 0 Å². The highest BCUT2D eigenvalue weighted by Gasteiger charge is 2.23. The molecule has 1 aliphatic heterocycles. The average molecular weight is 255 g/mol. The highest BCUT2D eigenvalue weighted by atomic mass is 35.5. The number of anilines is 2. The predicted molar refractivity (Wildman–Crippen MR) is 72.8 cm³/mol. The summed E-state index contributed by atoms with van der Waals surface area (Å²) in [6, 6.07) is 3.89. The lowest BCUT2D eigenvalue weighted by Gasteiger charge is -2.37. The van der Waals surface area contributed by atoms with Gasteiger partial charge in [0.2, 0.25) is 0 Å². The summed E-state index contributed by atoms with van der Waals surface area (Å²) in [6.07, 6.45) is 0.490. The minimum atomic E-state index is 0.245. The summed E-state index contributed by atoms with van der Waals surface area (Å²) < 4.78 is 5.73. The van der Waals surface area contributed by atoms with Crippen LogP contribution in [0.4, 0.5) is 11.4 Å². The summed E-state index contributed by atoms with van der Waals surface area (Å²) in [5.74, 6) is 0. The summed E-state index contributed by atoms with van der Waals surface area (Å²) >= 11 is 6.09. The Morgan fingerprint density at radius 2 is 1.88 bits per heavy atom. The van der Waals surface area contributed by atoms with Gasteiger partial charge in [0.25, 0.3) is 0 Å². The van der Waals surface area contributed by atoms with E-state index in [0.29, 0.717) is 10.7 Å². The van der Waals surface area contributed by atoms with Crippen molar-refractivity contribution in [2.45, 2.75) is 33.0 Å². The number of halogens is 1. The first-order valence-electron chi connectivity index (χ1n) is 5.93. The van der Waals surface area contributed by atoms with E-state index in [1.807, 2.05) is 12.1 Å². The Balaban J connectivity index is 2.30. The van der Waals surface area contributed by atoms with E-state index in [1.165, 1.54) is 0 Å². The van der Waals surface area contributed by atoms with Crippen molar-refractivity contribution in [3.8, 4) is 0 Å². The lowest BCUT2D eigenvalue weighted by atomic mass is 10.1. The molecule has 17 heavy (non-hydrogen) atoms. The normalized spacial score (nSPS) is 25.1. The van der Waals surface area contributed by atoms with Gasteiger partial charge in [-0.05, 0) is 38.5 Å². The van der Waals surface area contributed by atoms with Crippen LogP contribution in [0.5, 0.6) is 0 Å². The molecule has 1 heterocycles. The smallest absolute Gasteiger partial charge is 0.0726 e. The molecule has 0 saturated carbocycles. The van der Waals surface area contributed by atoms with Crippen LogP contribution in [0.1, 0.15) is 19.4 Å². The van der Waals surface area contributed by atoms with Crippen molar-refractivity contribution >= 4 is 23.0 Å². The van der Waals surface area contributed by atoms with E-state index in [9.17, 15) is 0 Å². The Bertz CT molecular complexity index is 412. The maximum absolute atomic E-state index is 6.09. The first-order valence-corrected chi connectivity index (χ1v) is 6.31. The van der Waals surface area contributed by atoms with Gasteiger partial charge in [0.1, 0.15) is 0 Å². The quantitative estimate of drug-likeness (QED) is 0.784. The average Bonchev–Trinajstić information content (AvgIpc) is 2.22. The van der Waals surface area contributed by atoms with Gasteiger partial charge in [-0.25, -0.2) is 0 Å². The standard InChI is InChI=1S/C13H19ClN2O/c1-8-4-12(15)11(14)5-13(8)16-6-9(2)17-10(3)7-16/h4-5,9-10H,6-7,15H2,1-3H3/t9-,10+. The number of ether oxygens (including phenoxy) is 1. The summed E-state index contributed by atoms with van der Waals surface area (Å²) in [5.41, 5.74) is 8.76. The fourth-order valence-corrected chi connectivity index (χ4v) is 2.57. The third-order valence-electron chi connectivity index (χ3n) is 3.08. The van der Waals surface area contributed by atoms with E-state index >= 15 is 0 Å². The second-order valence-corrected chi connectivity index (χ2v) is 5.23. The molecule has 2 rings (SSSR count). The zero-order valence-electron chi connectivity index (χ0n) is 10.5. The molecule has 1 saturated heterocycles. The number of nitrogens with zero attached hydrogens (tertiary/aromatic N) is 1. The fraction of sp³-hybridized carbons (Fsp3) is 0.538. The Morgan fingerprint density at radius 1 is 1.29 bits per heavy atom. The van der Waals surface area contributed by atoms with Crippen molar-refractivity contribution in [2.75, 3.05) is 23.7 Å². The fourth-order valence-electron chi connectivity index (χ4n) is 2.41. The monoisotopic (exact) mass is 254 g/mol. The molecule has 0 unspecified atom stereocenters. The van der Waals surface area contributed by atoms with Gasteiger partial charge in [-0.15, -0.1) is 0 Å². The van der Waals surface area contributed by atoms with E-state index < -0.39 is 0 Å². The summed E-state index contributed by atoms with van der Waals surface area (Å²) in [7, 11) is 0. The molecule has 1 aliphatic rings. The molecule has 0 aromatic heterocycles. The lowest BCUT2D eigenvalue weighted by Crippen LogP contribution is -2.45. The molecule has 0 bridgehead atoms. The van der Waals surface area contributed by atoms with E-state index in [2.05, 4.69) is 25.7 Å². The molecule has 2 N–H and O–H groups in total. The zero-order valence-corrected chi connectivity index (χ0v) is 11.3. The molecule has 4 heteroatoms. The number of aryl methyl sites for hydroxylation is 1.